The molecule has 33 heavy (non-hydrogen) atoms. The fraction of sp³-hybridized carbons (Fsp3) is 0.407. The van der Waals surface area contributed by atoms with Crippen LogP contribution in [0.4, 0.5) is 0 Å². The fourth-order valence-corrected chi connectivity index (χ4v) is 3.89. The van der Waals surface area contributed by atoms with Crippen LogP contribution in [0.2, 0.25) is 0 Å². The van der Waals surface area contributed by atoms with Gasteiger partial charge in [0.25, 0.3) is 0 Å². The Labute approximate surface area is 201 Å². The minimum absolute atomic E-state index is 0.379. The first-order valence-electron chi connectivity index (χ1n) is 11.6. The van der Waals surface area contributed by atoms with Crippen LogP contribution in [-0.4, -0.2) is 30.9 Å². The van der Waals surface area contributed by atoms with Gasteiger partial charge in [0.1, 0.15) is 11.5 Å². The first-order chi connectivity index (χ1) is 16.1. The van der Waals surface area contributed by atoms with Gasteiger partial charge in [0.05, 0.1) is 18.8 Å². The van der Waals surface area contributed by atoms with Gasteiger partial charge in [-0.25, -0.2) is 9.59 Å². The van der Waals surface area contributed by atoms with Gasteiger partial charge in [-0.3, -0.25) is 0 Å². The van der Waals surface area contributed by atoms with Crippen molar-refractivity contribution in [2.24, 2.45) is 0 Å². The average molecular weight is 471 g/mol. The zero-order chi connectivity index (χ0) is 23.7. The van der Waals surface area contributed by atoms with E-state index < -0.39 is 0 Å². The molecule has 178 valence electrons. The second-order valence-corrected chi connectivity index (χ2v) is 8.74. The van der Waals surface area contributed by atoms with E-state index in [9.17, 15) is 9.59 Å². The third-order valence-electron chi connectivity index (χ3n) is 4.86. The zero-order valence-corrected chi connectivity index (χ0v) is 20.2. The smallest absolute Gasteiger partial charge is 0.343 e. The van der Waals surface area contributed by atoms with Crippen molar-refractivity contribution in [3.8, 4) is 11.5 Å². The van der Waals surface area contributed by atoms with E-state index in [0.717, 1.165) is 37.2 Å². The number of ether oxygens (including phenoxy) is 3. The van der Waals surface area contributed by atoms with E-state index in [1.54, 1.807) is 24.3 Å². The Balaban J connectivity index is 1.65. The molecule has 6 heteroatoms. The fourth-order valence-electron chi connectivity index (χ4n) is 2.98. The summed E-state index contributed by atoms with van der Waals surface area (Å²) in [6.45, 7) is 6.58. The number of hydrogen-bond donors (Lipinski definition) is 0. The molecule has 0 fully saturated rings. The van der Waals surface area contributed by atoms with E-state index in [0.29, 0.717) is 24.5 Å². The summed E-state index contributed by atoms with van der Waals surface area (Å²) in [6.07, 6.45) is 8.56. The van der Waals surface area contributed by atoms with E-state index in [2.05, 4.69) is 13.5 Å². The molecule has 0 unspecified atom stereocenters. The van der Waals surface area contributed by atoms with Crippen LogP contribution < -0.4 is 9.47 Å². The van der Waals surface area contributed by atoms with Crippen molar-refractivity contribution in [3.05, 3.63) is 66.7 Å². The van der Waals surface area contributed by atoms with Crippen LogP contribution in [0.25, 0.3) is 0 Å². The standard InChI is InChI=1S/C27H34O5S/c1-3-5-10-21-33-25-17-15-24(16-18-25)32-27(29)22-11-13-23(14-12-22)30-19-8-6-7-9-20-31-26(28)4-2/h4,11-18H,2-3,5-10,19-21H2,1H3. The maximum absolute atomic E-state index is 12.4. The summed E-state index contributed by atoms with van der Waals surface area (Å²) in [5.74, 6) is 1.60. The summed E-state index contributed by atoms with van der Waals surface area (Å²) in [4.78, 5) is 24.5. The van der Waals surface area contributed by atoms with Gasteiger partial charge in [-0.1, -0.05) is 26.3 Å². The first-order valence-corrected chi connectivity index (χ1v) is 12.6. The van der Waals surface area contributed by atoms with Gasteiger partial charge >= 0.3 is 11.9 Å². The van der Waals surface area contributed by atoms with Gasteiger partial charge < -0.3 is 14.2 Å². The minimum Gasteiger partial charge on any atom is -0.494 e. The van der Waals surface area contributed by atoms with Gasteiger partial charge in [0, 0.05) is 11.0 Å². The molecule has 0 N–H and O–H groups in total. The summed E-state index contributed by atoms with van der Waals surface area (Å²) >= 11 is 1.82. The van der Waals surface area contributed by atoms with Crippen LogP contribution in [-0.2, 0) is 9.53 Å². The predicted molar refractivity (Wildman–Crippen MR) is 133 cm³/mol. The lowest BCUT2D eigenvalue weighted by Crippen LogP contribution is -2.08. The summed E-state index contributed by atoms with van der Waals surface area (Å²) in [6, 6.07) is 14.6. The number of carbonyl (C=O) groups excluding carboxylic acids is 2. The van der Waals surface area contributed by atoms with Crippen molar-refractivity contribution in [2.45, 2.75) is 56.8 Å². The van der Waals surface area contributed by atoms with E-state index in [1.807, 2.05) is 36.0 Å². The topological polar surface area (TPSA) is 61.8 Å². The molecule has 2 aromatic rings. The van der Waals surface area contributed by atoms with Crippen LogP contribution in [0.5, 0.6) is 11.5 Å². The highest BCUT2D eigenvalue weighted by atomic mass is 32.2. The highest BCUT2D eigenvalue weighted by Crippen LogP contribution is 2.23. The number of thioether (sulfide) groups is 1. The summed E-state index contributed by atoms with van der Waals surface area (Å²) in [7, 11) is 0. The molecule has 0 bridgehead atoms. The second-order valence-electron chi connectivity index (χ2n) is 7.58. The van der Waals surface area contributed by atoms with E-state index >= 15 is 0 Å². The molecule has 0 aliphatic carbocycles. The summed E-state index contributed by atoms with van der Waals surface area (Å²) in [5.41, 5.74) is 0.481. The lowest BCUT2D eigenvalue weighted by atomic mass is 10.2. The third kappa shape index (κ3) is 11.1. The molecular formula is C27H34O5S. The second kappa shape index (κ2) is 16.0. The Bertz CT molecular complexity index is 846. The molecule has 2 aromatic carbocycles. The normalized spacial score (nSPS) is 10.5. The van der Waals surface area contributed by atoms with Gasteiger partial charge in [0.2, 0.25) is 0 Å². The first kappa shape index (κ1) is 26.5. The van der Waals surface area contributed by atoms with Crippen molar-refractivity contribution >= 4 is 23.7 Å². The van der Waals surface area contributed by atoms with Gasteiger partial charge in [-0.2, -0.15) is 0 Å². The molecule has 0 saturated heterocycles. The van der Waals surface area contributed by atoms with E-state index in [-0.39, 0.29) is 11.9 Å². The van der Waals surface area contributed by atoms with Gasteiger partial charge in [0.15, 0.2) is 0 Å². The van der Waals surface area contributed by atoms with Crippen molar-refractivity contribution in [1.29, 1.82) is 0 Å². The maximum Gasteiger partial charge on any atom is 0.343 e. The molecule has 0 aliphatic heterocycles. The number of benzene rings is 2. The van der Waals surface area contributed by atoms with Crippen LogP contribution in [0.3, 0.4) is 0 Å². The molecule has 0 spiro atoms. The molecule has 0 saturated carbocycles. The molecule has 0 aliphatic rings. The number of hydrogen-bond acceptors (Lipinski definition) is 6. The molecule has 0 atom stereocenters. The molecule has 0 radical (unpaired) electrons. The number of esters is 2. The van der Waals surface area contributed by atoms with Crippen LogP contribution in [0.1, 0.15) is 62.2 Å². The lowest BCUT2D eigenvalue weighted by Gasteiger charge is -2.08. The highest BCUT2D eigenvalue weighted by Gasteiger charge is 2.09. The monoisotopic (exact) mass is 470 g/mol. The number of carbonyl (C=O) groups is 2. The van der Waals surface area contributed by atoms with Crippen molar-refractivity contribution < 1.29 is 23.8 Å². The van der Waals surface area contributed by atoms with Gasteiger partial charge in [-0.15, -0.1) is 11.8 Å². The van der Waals surface area contributed by atoms with Crippen LogP contribution in [0.15, 0.2) is 66.1 Å². The number of rotatable bonds is 16. The Morgan fingerprint density at radius 1 is 0.848 bits per heavy atom. The Hall–Kier alpha value is -2.73. The van der Waals surface area contributed by atoms with E-state index in [4.69, 9.17) is 14.2 Å². The third-order valence-corrected chi connectivity index (χ3v) is 5.96. The summed E-state index contributed by atoms with van der Waals surface area (Å²) < 4.78 is 16.1. The molecule has 2 rings (SSSR count). The molecule has 5 nitrogen and oxygen atoms in total. The van der Waals surface area contributed by atoms with Crippen molar-refractivity contribution in [1.82, 2.24) is 0 Å². The Morgan fingerprint density at radius 3 is 2.18 bits per heavy atom. The Morgan fingerprint density at radius 2 is 1.52 bits per heavy atom. The Kier molecular flexibility index (Phi) is 12.8. The molecule has 0 amide bonds. The van der Waals surface area contributed by atoms with Crippen LogP contribution >= 0.6 is 11.8 Å². The summed E-state index contributed by atoms with van der Waals surface area (Å²) in [5, 5.41) is 0. The zero-order valence-electron chi connectivity index (χ0n) is 19.4. The van der Waals surface area contributed by atoms with Crippen molar-refractivity contribution in [2.75, 3.05) is 19.0 Å². The maximum atomic E-state index is 12.4. The highest BCUT2D eigenvalue weighted by molar-refractivity contribution is 7.99. The quantitative estimate of drug-likeness (QED) is 0.0878. The average Bonchev–Trinajstić information content (AvgIpc) is 2.84. The van der Waals surface area contributed by atoms with E-state index in [1.165, 1.54) is 30.2 Å². The van der Waals surface area contributed by atoms with Gasteiger partial charge in [-0.05, 0) is 86.4 Å². The van der Waals surface area contributed by atoms with Crippen molar-refractivity contribution in [3.63, 3.8) is 0 Å². The van der Waals surface area contributed by atoms with Crippen LogP contribution in [0, 0.1) is 0 Å². The lowest BCUT2D eigenvalue weighted by molar-refractivity contribution is -0.137. The molecular weight excluding hydrogens is 436 g/mol. The predicted octanol–water partition coefficient (Wildman–Crippen LogP) is 6.86. The minimum atomic E-state index is -0.387. The largest absolute Gasteiger partial charge is 0.494 e. The molecule has 0 heterocycles. The number of unbranched alkanes of at least 4 members (excludes halogenated alkanes) is 5. The SMILES string of the molecule is C=CC(=O)OCCCCCCOc1ccc(C(=O)Oc2ccc(SCCCCC)cc2)cc1. The molecule has 0 aromatic heterocycles.